The molecule has 1 aliphatic rings. The van der Waals surface area contributed by atoms with Crippen molar-refractivity contribution in [3.63, 3.8) is 0 Å². The summed E-state index contributed by atoms with van der Waals surface area (Å²) in [5, 5.41) is 3.32. The minimum Gasteiger partial charge on any atom is -0.347 e. The highest BCUT2D eigenvalue weighted by atomic mass is 16.2. The van der Waals surface area contributed by atoms with Crippen molar-refractivity contribution in [2.45, 2.75) is 31.7 Å². The van der Waals surface area contributed by atoms with E-state index >= 15 is 0 Å². The Morgan fingerprint density at radius 2 is 2.17 bits per heavy atom. The smallest absolute Gasteiger partial charge is 0.239 e. The van der Waals surface area contributed by atoms with Gasteiger partial charge in [0.1, 0.15) is 0 Å². The minimum atomic E-state index is -0.0285. The summed E-state index contributed by atoms with van der Waals surface area (Å²) in [5.41, 5.74) is 2.66. The van der Waals surface area contributed by atoms with Crippen LogP contribution in [0.2, 0.25) is 0 Å². The van der Waals surface area contributed by atoms with Crippen LogP contribution < -0.4 is 5.32 Å². The van der Waals surface area contributed by atoms with Crippen molar-refractivity contribution in [1.82, 2.24) is 10.2 Å². The maximum atomic E-state index is 12.0. The predicted molar refractivity (Wildman–Crippen MR) is 73.6 cm³/mol. The van der Waals surface area contributed by atoms with Gasteiger partial charge in [-0.25, -0.2) is 0 Å². The summed E-state index contributed by atoms with van der Waals surface area (Å²) in [4.78, 5) is 13.7. The molecule has 3 nitrogen and oxygen atoms in total. The Morgan fingerprint density at radius 3 is 2.83 bits per heavy atom. The highest BCUT2D eigenvalue weighted by molar-refractivity contribution is 5.81. The first-order chi connectivity index (χ1) is 8.58. The van der Waals surface area contributed by atoms with E-state index in [2.05, 4.69) is 36.5 Å². The highest BCUT2D eigenvalue weighted by Gasteiger charge is 2.28. The maximum absolute atomic E-state index is 12.0. The summed E-state index contributed by atoms with van der Waals surface area (Å²) in [7, 11) is 3.64. The molecule has 0 aliphatic carbocycles. The molecule has 0 saturated carbocycles. The van der Waals surface area contributed by atoms with Crippen LogP contribution in [0.4, 0.5) is 0 Å². The molecule has 2 unspecified atom stereocenters. The molecule has 2 atom stereocenters. The fraction of sp³-hybridized carbons (Fsp3) is 0.533. The number of likely N-dealkylation sites (N-methyl/N-ethyl adjacent to an activating group) is 1. The number of nitrogens with zero attached hydrogens (tertiary/aromatic N) is 1. The van der Waals surface area contributed by atoms with E-state index in [9.17, 15) is 4.79 Å². The zero-order valence-electron chi connectivity index (χ0n) is 11.4. The van der Waals surface area contributed by atoms with Gasteiger partial charge in [-0.1, -0.05) is 29.8 Å². The van der Waals surface area contributed by atoms with Crippen LogP contribution in [0, 0.1) is 6.92 Å². The number of hydrogen-bond acceptors (Lipinski definition) is 2. The quantitative estimate of drug-likeness (QED) is 0.864. The third-order valence-electron chi connectivity index (χ3n) is 3.66. The Labute approximate surface area is 109 Å². The van der Waals surface area contributed by atoms with Crippen molar-refractivity contribution in [3.05, 3.63) is 35.4 Å². The molecular weight excluding hydrogens is 224 g/mol. The summed E-state index contributed by atoms with van der Waals surface area (Å²) in [5.74, 6) is 0.687. The van der Waals surface area contributed by atoms with Gasteiger partial charge in [0.15, 0.2) is 0 Å². The molecule has 1 saturated heterocycles. The van der Waals surface area contributed by atoms with E-state index in [1.54, 1.807) is 4.90 Å². The van der Waals surface area contributed by atoms with E-state index in [0.717, 1.165) is 19.4 Å². The van der Waals surface area contributed by atoms with Crippen molar-refractivity contribution in [3.8, 4) is 0 Å². The van der Waals surface area contributed by atoms with Crippen molar-refractivity contribution >= 4 is 5.91 Å². The molecule has 1 N–H and O–H groups in total. The summed E-state index contributed by atoms with van der Waals surface area (Å²) < 4.78 is 0. The molecule has 0 radical (unpaired) electrons. The van der Waals surface area contributed by atoms with Gasteiger partial charge in [0.25, 0.3) is 0 Å². The molecule has 1 aliphatic heterocycles. The summed E-state index contributed by atoms with van der Waals surface area (Å²) >= 11 is 0. The summed E-state index contributed by atoms with van der Waals surface area (Å²) in [6.07, 6.45) is 2.02. The second-order valence-electron chi connectivity index (χ2n) is 5.37. The number of rotatable bonds is 2. The van der Waals surface area contributed by atoms with Crippen molar-refractivity contribution in [1.29, 1.82) is 0 Å². The van der Waals surface area contributed by atoms with Crippen LogP contribution in [-0.2, 0) is 4.79 Å². The average molecular weight is 246 g/mol. The van der Waals surface area contributed by atoms with E-state index in [0.29, 0.717) is 5.92 Å². The zero-order valence-corrected chi connectivity index (χ0v) is 11.4. The minimum absolute atomic E-state index is 0.0285. The first-order valence-corrected chi connectivity index (χ1v) is 6.59. The molecular formula is C15H22N2O. The summed E-state index contributed by atoms with van der Waals surface area (Å²) in [6.45, 7) is 3.04. The van der Waals surface area contributed by atoms with Gasteiger partial charge < -0.3 is 10.2 Å². The fourth-order valence-electron chi connectivity index (χ4n) is 2.64. The predicted octanol–water partition coefficient (Wildman–Crippen LogP) is 1.92. The van der Waals surface area contributed by atoms with Crippen LogP contribution in [0.5, 0.6) is 0 Å². The normalized spacial score (nSPS) is 23.7. The Morgan fingerprint density at radius 1 is 1.39 bits per heavy atom. The van der Waals surface area contributed by atoms with Gasteiger partial charge in [-0.15, -0.1) is 0 Å². The molecule has 98 valence electrons. The number of amides is 1. The third kappa shape index (κ3) is 2.91. The van der Waals surface area contributed by atoms with Gasteiger partial charge in [-0.2, -0.15) is 0 Å². The lowest BCUT2D eigenvalue weighted by atomic mass is 9.85. The first kappa shape index (κ1) is 13.1. The van der Waals surface area contributed by atoms with Crippen LogP contribution in [-0.4, -0.2) is 37.5 Å². The number of hydrogen-bond donors (Lipinski definition) is 1. The lowest BCUT2D eigenvalue weighted by Crippen LogP contribution is -2.47. The van der Waals surface area contributed by atoms with Gasteiger partial charge in [0.2, 0.25) is 5.91 Å². The third-order valence-corrected chi connectivity index (χ3v) is 3.66. The second-order valence-corrected chi connectivity index (χ2v) is 5.37. The van der Waals surface area contributed by atoms with Crippen LogP contribution in [0.3, 0.4) is 0 Å². The molecule has 0 bridgehead atoms. The number of aryl methyl sites for hydroxylation is 1. The average Bonchev–Trinajstić information content (AvgIpc) is 2.38. The molecule has 1 aromatic carbocycles. The van der Waals surface area contributed by atoms with Crippen molar-refractivity contribution in [2.24, 2.45) is 0 Å². The molecule has 18 heavy (non-hydrogen) atoms. The molecule has 1 fully saturated rings. The van der Waals surface area contributed by atoms with E-state index in [1.165, 1.54) is 11.1 Å². The van der Waals surface area contributed by atoms with Crippen molar-refractivity contribution in [2.75, 3.05) is 20.6 Å². The monoisotopic (exact) mass is 246 g/mol. The summed E-state index contributed by atoms with van der Waals surface area (Å²) in [6, 6.07) is 8.62. The topological polar surface area (TPSA) is 32.3 Å². The van der Waals surface area contributed by atoms with Crippen LogP contribution in [0.15, 0.2) is 24.3 Å². The van der Waals surface area contributed by atoms with Gasteiger partial charge in [0.05, 0.1) is 6.04 Å². The molecule has 0 aromatic heterocycles. The number of carbonyl (C=O) groups is 1. The molecule has 1 heterocycles. The first-order valence-electron chi connectivity index (χ1n) is 6.59. The Kier molecular flexibility index (Phi) is 4.02. The molecule has 1 amide bonds. The van der Waals surface area contributed by atoms with Crippen LogP contribution in [0.1, 0.15) is 29.9 Å². The van der Waals surface area contributed by atoms with Gasteiger partial charge in [-0.05, 0) is 37.8 Å². The highest BCUT2D eigenvalue weighted by Crippen LogP contribution is 2.28. The van der Waals surface area contributed by atoms with E-state index in [4.69, 9.17) is 0 Å². The second kappa shape index (κ2) is 5.53. The van der Waals surface area contributed by atoms with Gasteiger partial charge >= 0.3 is 0 Å². The Hall–Kier alpha value is -1.35. The maximum Gasteiger partial charge on any atom is 0.239 e. The SMILES string of the molecule is Cc1cccc(C2CCNC(C(=O)N(C)C)C2)c1. The van der Waals surface area contributed by atoms with Crippen molar-refractivity contribution < 1.29 is 4.79 Å². The Balaban J connectivity index is 2.09. The number of carbonyl (C=O) groups excluding carboxylic acids is 1. The number of nitrogens with one attached hydrogen (secondary N) is 1. The van der Waals surface area contributed by atoms with E-state index < -0.39 is 0 Å². The van der Waals surface area contributed by atoms with E-state index in [1.807, 2.05) is 14.1 Å². The van der Waals surface area contributed by atoms with Gasteiger partial charge in [0, 0.05) is 14.1 Å². The molecule has 2 rings (SSSR count). The van der Waals surface area contributed by atoms with Crippen LogP contribution in [0.25, 0.3) is 0 Å². The number of benzene rings is 1. The standard InChI is InChI=1S/C15H22N2O/c1-11-5-4-6-12(9-11)13-7-8-16-14(10-13)15(18)17(2)3/h4-6,9,13-14,16H,7-8,10H2,1-3H3. The van der Waals surface area contributed by atoms with Gasteiger partial charge in [-0.3, -0.25) is 4.79 Å². The lowest BCUT2D eigenvalue weighted by molar-refractivity contribution is -0.131. The largest absolute Gasteiger partial charge is 0.347 e. The fourth-order valence-corrected chi connectivity index (χ4v) is 2.64. The zero-order chi connectivity index (χ0) is 13.1. The Bertz CT molecular complexity index is 428. The molecule has 1 aromatic rings. The molecule has 0 spiro atoms. The molecule has 3 heteroatoms. The number of piperidine rings is 1. The van der Waals surface area contributed by atoms with Crippen LogP contribution >= 0.6 is 0 Å². The lowest BCUT2D eigenvalue weighted by Gasteiger charge is -2.31. The van der Waals surface area contributed by atoms with E-state index in [-0.39, 0.29) is 11.9 Å².